The summed E-state index contributed by atoms with van der Waals surface area (Å²) >= 11 is 0. The summed E-state index contributed by atoms with van der Waals surface area (Å²) in [5, 5.41) is 16.9. The monoisotopic (exact) mass is 880 g/mol. The zero-order chi connectivity index (χ0) is 45.8. The minimum atomic E-state index is 0.440. The topological polar surface area (TPSA) is 42.0 Å². The first-order chi connectivity index (χ1) is 34.2. The van der Waals surface area contributed by atoms with Crippen LogP contribution in [0.25, 0.3) is 103 Å². The smallest absolute Gasteiger partial charge is 0.160 e. The summed E-state index contributed by atoms with van der Waals surface area (Å²) in [6.45, 7) is 4.48. The molecule has 1 aliphatic carbocycles. The molecule has 12 aromatic rings. The zero-order valence-corrected chi connectivity index (χ0v) is 37.8. The fraction of sp³-hybridized carbons (Fsp3) is 0.0308. The maximum Gasteiger partial charge on any atom is 0.160 e. The van der Waals surface area contributed by atoms with Crippen molar-refractivity contribution < 1.29 is 0 Å². The van der Waals surface area contributed by atoms with E-state index in [0.717, 1.165) is 56.0 Å². The third kappa shape index (κ3) is 6.79. The van der Waals surface area contributed by atoms with E-state index in [9.17, 15) is 0 Å². The van der Waals surface area contributed by atoms with E-state index in [1.807, 2.05) is 6.07 Å². The van der Waals surface area contributed by atoms with Crippen molar-refractivity contribution in [3.8, 4) is 16.8 Å². The molecule has 11 aromatic carbocycles. The number of aromatic nitrogens is 1. The van der Waals surface area contributed by atoms with Crippen molar-refractivity contribution >= 4 is 105 Å². The maximum absolute atomic E-state index is 5.42. The van der Waals surface area contributed by atoms with Gasteiger partial charge in [0.15, 0.2) is 11.7 Å². The Kier molecular flexibility index (Phi) is 9.76. The molecule has 1 aliphatic rings. The number of allylic oxidation sites excluding steroid dienone is 4. The van der Waals surface area contributed by atoms with Crippen molar-refractivity contribution in [3.63, 3.8) is 0 Å². The van der Waals surface area contributed by atoms with Crippen LogP contribution < -0.4 is 0 Å². The molecule has 13 rings (SSSR count). The third-order valence-corrected chi connectivity index (χ3v) is 13.9. The summed E-state index contributed by atoms with van der Waals surface area (Å²) in [5.74, 6) is 1.11. The highest BCUT2D eigenvalue weighted by Crippen LogP contribution is 2.43. The first-order valence-corrected chi connectivity index (χ1v) is 23.6. The molecule has 0 aliphatic heterocycles. The van der Waals surface area contributed by atoms with Gasteiger partial charge in [-0.25, -0.2) is 9.98 Å². The average Bonchev–Trinajstić information content (AvgIpc) is 3.51. The quantitative estimate of drug-likeness (QED) is 0.0907. The van der Waals surface area contributed by atoms with E-state index < -0.39 is 0 Å². The number of hydrogen-bond acceptors (Lipinski definition) is 1. The second kappa shape index (κ2) is 16.7. The number of aliphatic imine (C=N–C) groups is 3. The van der Waals surface area contributed by atoms with Gasteiger partial charge in [0.25, 0.3) is 0 Å². The lowest BCUT2D eigenvalue weighted by atomic mass is 9.90. The van der Waals surface area contributed by atoms with Gasteiger partial charge in [0.1, 0.15) is 0 Å². The molecule has 0 fully saturated rings. The van der Waals surface area contributed by atoms with E-state index in [4.69, 9.17) is 9.98 Å². The summed E-state index contributed by atoms with van der Waals surface area (Å²) in [7, 11) is 0. The number of benzene rings is 11. The summed E-state index contributed by atoms with van der Waals surface area (Å²) in [4.78, 5) is 15.4. The molecule has 0 spiro atoms. The summed E-state index contributed by atoms with van der Waals surface area (Å²) in [6.07, 6.45) is 11.3. The van der Waals surface area contributed by atoms with Crippen molar-refractivity contribution in [1.82, 2.24) is 4.57 Å². The number of nitrogens with zero attached hydrogens (tertiary/aromatic N) is 4. The zero-order valence-electron chi connectivity index (χ0n) is 37.8. The Bertz CT molecular complexity index is 4220. The largest absolute Gasteiger partial charge is 0.309 e. The van der Waals surface area contributed by atoms with Crippen molar-refractivity contribution in [2.24, 2.45) is 15.0 Å². The van der Waals surface area contributed by atoms with Gasteiger partial charge in [0.05, 0.1) is 17.6 Å². The van der Waals surface area contributed by atoms with Crippen LogP contribution in [0.4, 0.5) is 0 Å². The van der Waals surface area contributed by atoms with E-state index >= 15 is 0 Å². The van der Waals surface area contributed by atoms with Crippen LogP contribution in [0.1, 0.15) is 17.5 Å². The molecule has 1 aromatic heterocycles. The Morgan fingerprint density at radius 2 is 0.986 bits per heavy atom. The van der Waals surface area contributed by atoms with Gasteiger partial charge in [-0.2, -0.15) is 0 Å². The predicted octanol–water partition coefficient (Wildman–Crippen LogP) is 16.9. The summed E-state index contributed by atoms with van der Waals surface area (Å²) < 4.78 is 2.42. The molecule has 69 heavy (non-hydrogen) atoms. The lowest BCUT2D eigenvalue weighted by Crippen LogP contribution is -2.08. The minimum Gasteiger partial charge on any atom is -0.309 e. The summed E-state index contributed by atoms with van der Waals surface area (Å²) in [6, 6.07) is 72.9. The fourth-order valence-electron chi connectivity index (χ4n) is 10.8. The highest BCUT2D eigenvalue weighted by Gasteiger charge is 2.21. The van der Waals surface area contributed by atoms with Crippen LogP contribution in [0.3, 0.4) is 0 Å². The van der Waals surface area contributed by atoms with Gasteiger partial charge in [-0.3, -0.25) is 4.99 Å². The molecule has 4 heteroatoms. The molecule has 4 nitrogen and oxygen atoms in total. The van der Waals surface area contributed by atoms with Crippen LogP contribution in [0.15, 0.2) is 251 Å². The van der Waals surface area contributed by atoms with E-state index in [0.29, 0.717) is 18.2 Å². The average molecular weight is 881 g/mol. The SMILES string of the molecule is C=NC(=NC(=NCc1ccccc1)c1cc(-n2c3ccccc3c3cc(-c4ccc5c6ccccc6c6ccccc6c5c4)ccc32)cc2c3ccccc3c3ccccc3c12)C1=CC=CCC=C1. The van der Waals surface area contributed by atoms with Crippen molar-refractivity contribution in [1.29, 1.82) is 0 Å². The van der Waals surface area contributed by atoms with Crippen molar-refractivity contribution in [2.45, 2.75) is 13.0 Å². The van der Waals surface area contributed by atoms with Gasteiger partial charge in [-0.15, -0.1) is 0 Å². The van der Waals surface area contributed by atoms with Gasteiger partial charge >= 0.3 is 0 Å². The molecule has 324 valence electrons. The van der Waals surface area contributed by atoms with Gasteiger partial charge in [0, 0.05) is 33.0 Å². The Hall–Kier alpha value is -8.99. The standard InChI is InChI=1S/C65H44N4/c1-66-64(43-21-7-2-3-8-22-43)68-65(67-41-42-19-5-4-6-20-42)60-40-46(39-59-53-29-14-12-26-50(53)51-27-15-16-31-56(51)63(59)60)69-61-32-18-17-30-55(61)58-38-45(34-36-62(58)69)44-33-35-54-49-25-10-9-23-47(49)48-24-11-13-28-52(48)57(54)37-44/h2,4-40H,1,3,41H2. The lowest BCUT2D eigenvalue weighted by molar-refractivity contribution is 1.06. The number of para-hydroxylation sites is 1. The number of rotatable bonds is 6. The Morgan fingerprint density at radius 1 is 0.449 bits per heavy atom. The Morgan fingerprint density at radius 3 is 1.67 bits per heavy atom. The molecule has 0 unspecified atom stereocenters. The van der Waals surface area contributed by atoms with E-state index in [-0.39, 0.29) is 0 Å². The Balaban J connectivity index is 1.08. The fourth-order valence-corrected chi connectivity index (χ4v) is 10.8. The first kappa shape index (κ1) is 40.3. The molecule has 0 N–H and O–H groups in total. The molecule has 0 radical (unpaired) electrons. The van der Waals surface area contributed by atoms with E-state index in [1.165, 1.54) is 70.4 Å². The summed E-state index contributed by atoms with van der Waals surface area (Å²) in [5.41, 5.74) is 8.52. The van der Waals surface area contributed by atoms with E-state index in [1.54, 1.807) is 0 Å². The van der Waals surface area contributed by atoms with Gasteiger partial charge in [-0.1, -0.05) is 194 Å². The van der Waals surface area contributed by atoms with Crippen LogP contribution in [0, 0.1) is 0 Å². The number of amidine groups is 2. The second-order valence-electron chi connectivity index (χ2n) is 17.9. The van der Waals surface area contributed by atoms with Crippen molar-refractivity contribution in [3.05, 3.63) is 247 Å². The van der Waals surface area contributed by atoms with Gasteiger partial charge in [0.2, 0.25) is 0 Å². The highest BCUT2D eigenvalue weighted by molar-refractivity contribution is 6.31. The number of hydrogen-bond donors (Lipinski definition) is 0. The van der Waals surface area contributed by atoms with Gasteiger partial charge < -0.3 is 4.57 Å². The number of fused-ring (bicyclic) bond motifs is 15. The van der Waals surface area contributed by atoms with Crippen LogP contribution >= 0.6 is 0 Å². The molecule has 1 heterocycles. The lowest BCUT2D eigenvalue weighted by Gasteiger charge is -2.18. The van der Waals surface area contributed by atoms with Crippen LogP contribution in [0.2, 0.25) is 0 Å². The van der Waals surface area contributed by atoms with E-state index in [2.05, 4.69) is 241 Å². The first-order valence-electron chi connectivity index (χ1n) is 23.6. The third-order valence-electron chi connectivity index (χ3n) is 13.9. The minimum absolute atomic E-state index is 0.440. The molecule has 0 amide bonds. The molecular weight excluding hydrogens is 837 g/mol. The second-order valence-corrected chi connectivity index (χ2v) is 17.9. The predicted molar refractivity (Wildman–Crippen MR) is 296 cm³/mol. The molecule has 0 saturated heterocycles. The van der Waals surface area contributed by atoms with Crippen molar-refractivity contribution in [2.75, 3.05) is 0 Å². The molecular formula is C65H44N4. The highest BCUT2D eigenvalue weighted by atomic mass is 15.0. The normalized spacial score (nSPS) is 13.4. The van der Waals surface area contributed by atoms with Gasteiger partial charge in [-0.05, 0) is 125 Å². The molecule has 0 bridgehead atoms. The molecule has 0 atom stereocenters. The van der Waals surface area contributed by atoms with Crippen LogP contribution in [-0.4, -0.2) is 23.0 Å². The van der Waals surface area contributed by atoms with Crippen LogP contribution in [0.5, 0.6) is 0 Å². The maximum atomic E-state index is 5.42. The Labute approximate surface area is 399 Å². The molecule has 0 saturated carbocycles. The van der Waals surface area contributed by atoms with Crippen LogP contribution in [-0.2, 0) is 6.54 Å².